The summed E-state index contributed by atoms with van der Waals surface area (Å²) in [7, 11) is 1.53. The van der Waals surface area contributed by atoms with Crippen molar-refractivity contribution in [1.82, 2.24) is 5.32 Å². The Morgan fingerprint density at radius 2 is 1.83 bits per heavy atom. The molecular formula is C22H20N2O5. The monoisotopic (exact) mass is 392 g/mol. The zero-order chi connectivity index (χ0) is 20.2. The van der Waals surface area contributed by atoms with E-state index in [0.717, 1.165) is 0 Å². The summed E-state index contributed by atoms with van der Waals surface area (Å²) < 4.78 is 17.1. The Hall–Kier alpha value is -3.74. The van der Waals surface area contributed by atoms with Crippen LogP contribution in [0.3, 0.4) is 0 Å². The Bertz CT molecular complexity index is 1010. The number of likely N-dealkylation sites (N-methyl/N-ethyl adjacent to an activating group) is 1. The highest BCUT2D eigenvalue weighted by Crippen LogP contribution is 2.34. The van der Waals surface area contributed by atoms with Crippen LogP contribution in [0.5, 0.6) is 11.5 Å². The number of fused-ring (bicyclic) bond motifs is 1. The molecule has 3 aromatic rings. The molecule has 1 N–H and O–H groups in total. The van der Waals surface area contributed by atoms with Gasteiger partial charge in [0.15, 0.2) is 11.9 Å². The van der Waals surface area contributed by atoms with E-state index in [0.29, 0.717) is 22.9 Å². The second-order valence-corrected chi connectivity index (χ2v) is 6.47. The van der Waals surface area contributed by atoms with Crippen LogP contribution in [0, 0.1) is 0 Å². The average Bonchev–Trinajstić information content (AvgIpc) is 3.25. The summed E-state index contributed by atoms with van der Waals surface area (Å²) >= 11 is 0. The second-order valence-electron chi connectivity index (χ2n) is 6.47. The van der Waals surface area contributed by atoms with Gasteiger partial charge in [0.1, 0.15) is 23.9 Å². The van der Waals surface area contributed by atoms with Gasteiger partial charge in [0, 0.05) is 7.05 Å². The van der Waals surface area contributed by atoms with Crippen LogP contribution in [0.25, 0.3) is 0 Å². The largest absolute Gasteiger partial charge is 0.486 e. The molecule has 29 heavy (non-hydrogen) atoms. The molecule has 2 aromatic carbocycles. The Morgan fingerprint density at radius 3 is 2.62 bits per heavy atom. The van der Waals surface area contributed by atoms with Crippen molar-refractivity contribution < 1.29 is 23.5 Å². The Morgan fingerprint density at radius 1 is 1.07 bits per heavy atom. The fourth-order valence-corrected chi connectivity index (χ4v) is 3.10. The molecule has 148 valence electrons. The van der Waals surface area contributed by atoms with Gasteiger partial charge in [-0.1, -0.05) is 30.3 Å². The van der Waals surface area contributed by atoms with E-state index in [1.807, 2.05) is 36.4 Å². The minimum absolute atomic E-state index is 0.0894. The zero-order valence-corrected chi connectivity index (χ0v) is 15.8. The van der Waals surface area contributed by atoms with Gasteiger partial charge in [-0.05, 0) is 36.4 Å². The lowest BCUT2D eigenvalue weighted by atomic mass is 10.1. The van der Waals surface area contributed by atoms with Crippen LogP contribution in [0.15, 0.2) is 71.1 Å². The average molecular weight is 392 g/mol. The maximum atomic E-state index is 13.1. The van der Waals surface area contributed by atoms with Crippen LogP contribution in [-0.2, 0) is 11.4 Å². The van der Waals surface area contributed by atoms with Gasteiger partial charge in [-0.25, -0.2) is 0 Å². The predicted molar refractivity (Wildman–Crippen MR) is 106 cm³/mol. The molecule has 0 radical (unpaired) electrons. The van der Waals surface area contributed by atoms with Crippen molar-refractivity contribution in [2.24, 2.45) is 0 Å². The number of nitrogens with one attached hydrogen (secondary N) is 1. The maximum Gasteiger partial charge on any atom is 0.294 e. The summed E-state index contributed by atoms with van der Waals surface area (Å²) in [5, 5.41) is 2.56. The van der Waals surface area contributed by atoms with Gasteiger partial charge in [0.2, 0.25) is 0 Å². The molecule has 7 nitrogen and oxygen atoms in total. The van der Waals surface area contributed by atoms with E-state index in [2.05, 4.69) is 5.32 Å². The third-order valence-corrected chi connectivity index (χ3v) is 4.55. The number of para-hydroxylation sites is 3. The first kappa shape index (κ1) is 18.6. The molecule has 1 aliphatic rings. The summed E-state index contributed by atoms with van der Waals surface area (Å²) in [5.74, 6) is 1.24. The van der Waals surface area contributed by atoms with Gasteiger partial charge in [0.25, 0.3) is 11.8 Å². The predicted octanol–water partition coefficient (Wildman–Crippen LogP) is 3.01. The van der Waals surface area contributed by atoms with E-state index in [-0.39, 0.29) is 30.7 Å². The number of hydrogen-bond donors (Lipinski definition) is 1. The molecule has 1 aromatic heterocycles. The van der Waals surface area contributed by atoms with Gasteiger partial charge in [-0.2, -0.15) is 0 Å². The number of carbonyl (C=O) groups excluding carboxylic acids is 2. The molecular weight excluding hydrogens is 372 g/mol. The van der Waals surface area contributed by atoms with E-state index in [1.165, 1.54) is 11.9 Å². The smallest absolute Gasteiger partial charge is 0.294 e. The van der Waals surface area contributed by atoms with E-state index in [4.69, 9.17) is 13.9 Å². The van der Waals surface area contributed by atoms with Crippen molar-refractivity contribution in [1.29, 1.82) is 0 Å². The minimum Gasteiger partial charge on any atom is -0.486 e. The topological polar surface area (TPSA) is 81.0 Å². The number of rotatable bonds is 5. The van der Waals surface area contributed by atoms with Crippen molar-refractivity contribution in [3.63, 3.8) is 0 Å². The Labute approximate surface area is 167 Å². The molecule has 0 fully saturated rings. The third-order valence-electron chi connectivity index (χ3n) is 4.55. The fourth-order valence-electron chi connectivity index (χ4n) is 3.10. The zero-order valence-electron chi connectivity index (χ0n) is 15.8. The Kier molecular flexibility index (Phi) is 5.20. The van der Waals surface area contributed by atoms with Crippen LogP contribution in [0.4, 0.5) is 5.69 Å². The molecule has 1 aliphatic heterocycles. The number of furan rings is 1. The molecule has 2 heterocycles. The van der Waals surface area contributed by atoms with E-state index in [9.17, 15) is 9.59 Å². The summed E-state index contributed by atoms with van der Waals surface area (Å²) in [6.45, 7) is 0.296. The number of nitrogens with zero attached hydrogens (tertiary/aromatic N) is 1. The standard InChI is InChI=1S/C22H20N2O5/c1-23-21(25)20-13-24(17-9-5-6-10-18(17)29-20)22(26)19-12-11-16(28-19)14-27-15-7-3-2-4-8-15/h2-12,20H,13-14H2,1H3,(H,23,25)/t20-/m1/s1. The van der Waals surface area contributed by atoms with Crippen LogP contribution in [-0.4, -0.2) is 31.5 Å². The maximum absolute atomic E-state index is 13.1. The van der Waals surface area contributed by atoms with E-state index >= 15 is 0 Å². The molecule has 1 atom stereocenters. The van der Waals surface area contributed by atoms with Crippen LogP contribution in [0.2, 0.25) is 0 Å². The first-order valence-electron chi connectivity index (χ1n) is 9.21. The van der Waals surface area contributed by atoms with Crippen molar-refractivity contribution in [3.8, 4) is 11.5 Å². The fraction of sp³-hybridized carbons (Fsp3) is 0.182. The summed E-state index contributed by atoms with van der Waals surface area (Å²) in [5.41, 5.74) is 0.594. The molecule has 0 unspecified atom stereocenters. The molecule has 7 heteroatoms. The highest BCUT2D eigenvalue weighted by atomic mass is 16.5. The highest BCUT2D eigenvalue weighted by molar-refractivity contribution is 6.06. The Balaban J connectivity index is 1.52. The quantitative estimate of drug-likeness (QED) is 0.722. The summed E-state index contributed by atoms with van der Waals surface area (Å²) in [4.78, 5) is 26.7. The van der Waals surface area contributed by atoms with Gasteiger partial charge in [-0.15, -0.1) is 0 Å². The van der Waals surface area contributed by atoms with Gasteiger partial charge in [-0.3, -0.25) is 14.5 Å². The van der Waals surface area contributed by atoms with Gasteiger partial charge in [0.05, 0.1) is 12.2 Å². The lowest BCUT2D eigenvalue weighted by molar-refractivity contribution is -0.127. The van der Waals surface area contributed by atoms with Crippen molar-refractivity contribution in [3.05, 3.63) is 78.3 Å². The van der Waals surface area contributed by atoms with Crippen LogP contribution >= 0.6 is 0 Å². The number of amides is 2. The van der Waals surface area contributed by atoms with Crippen molar-refractivity contribution in [2.75, 3.05) is 18.5 Å². The van der Waals surface area contributed by atoms with Crippen LogP contribution < -0.4 is 19.7 Å². The number of benzene rings is 2. The van der Waals surface area contributed by atoms with Crippen LogP contribution in [0.1, 0.15) is 16.3 Å². The lowest BCUT2D eigenvalue weighted by Crippen LogP contribution is -2.50. The van der Waals surface area contributed by atoms with Gasteiger partial charge >= 0.3 is 0 Å². The second kappa shape index (κ2) is 8.10. The van der Waals surface area contributed by atoms with Crippen molar-refractivity contribution >= 4 is 17.5 Å². The summed E-state index contributed by atoms with van der Waals surface area (Å²) in [6.07, 6.45) is -0.797. The summed E-state index contributed by atoms with van der Waals surface area (Å²) in [6, 6.07) is 19.8. The normalized spacial score (nSPS) is 15.2. The van der Waals surface area contributed by atoms with E-state index in [1.54, 1.807) is 30.3 Å². The van der Waals surface area contributed by atoms with Crippen molar-refractivity contribution in [2.45, 2.75) is 12.7 Å². The molecule has 0 aliphatic carbocycles. The molecule has 0 spiro atoms. The molecule has 0 bridgehead atoms. The van der Waals surface area contributed by atoms with E-state index < -0.39 is 6.10 Å². The molecule has 0 saturated heterocycles. The molecule has 2 amide bonds. The first-order chi connectivity index (χ1) is 14.2. The number of hydrogen-bond acceptors (Lipinski definition) is 5. The SMILES string of the molecule is CNC(=O)[C@H]1CN(C(=O)c2ccc(COc3ccccc3)o2)c2ccccc2O1. The van der Waals surface area contributed by atoms with Gasteiger partial charge < -0.3 is 19.2 Å². The minimum atomic E-state index is -0.797. The lowest BCUT2D eigenvalue weighted by Gasteiger charge is -2.33. The number of ether oxygens (including phenoxy) is 2. The highest BCUT2D eigenvalue weighted by Gasteiger charge is 2.34. The number of carbonyl (C=O) groups is 2. The number of anilines is 1. The first-order valence-corrected chi connectivity index (χ1v) is 9.21. The molecule has 4 rings (SSSR count). The third kappa shape index (κ3) is 3.94. The molecule has 0 saturated carbocycles.